The lowest BCUT2D eigenvalue weighted by molar-refractivity contribution is -0.198. The lowest BCUT2D eigenvalue weighted by atomic mass is 9.94. The largest absolute Gasteiger partial charge is 0.347 e. The lowest BCUT2D eigenvalue weighted by Gasteiger charge is -2.31. The predicted molar refractivity (Wildman–Crippen MR) is 44.7 cm³/mol. The van der Waals surface area contributed by atoms with Crippen molar-refractivity contribution < 1.29 is 9.47 Å². The van der Waals surface area contributed by atoms with Gasteiger partial charge in [-0.25, -0.2) is 0 Å². The number of ether oxygens (including phenoxy) is 2. The van der Waals surface area contributed by atoms with Crippen LogP contribution < -0.4 is 0 Å². The molecule has 0 N–H and O–H groups in total. The first kappa shape index (κ1) is 7.34. The first-order chi connectivity index (χ1) is 5.78. The summed E-state index contributed by atoms with van der Waals surface area (Å²) in [5, 5.41) is 0. The second-order valence-electron chi connectivity index (χ2n) is 4.63. The average Bonchev–Trinajstić information content (AvgIpc) is 2.67. The van der Waals surface area contributed by atoms with Crippen LogP contribution in [0.15, 0.2) is 0 Å². The van der Waals surface area contributed by atoms with Gasteiger partial charge in [0.25, 0.3) is 0 Å². The highest BCUT2D eigenvalue weighted by Crippen LogP contribution is 2.55. The first-order valence-electron chi connectivity index (χ1n) is 5.10. The van der Waals surface area contributed by atoms with E-state index in [0.29, 0.717) is 12.0 Å². The van der Waals surface area contributed by atoms with Crippen LogP contribution in [0.2, 0.25) is 0 Å². The zero-order valence-corrected chi connectivity index (χ0v) is 7.58. The normalized spacial score (nSPS) is 57.2. The second kappa shape index (κ2) is 2.24. The molecule has 1 aliphatic heterocycles. The average molecular weight is 168 g/mol. The molecular weight excluding hydrogens is 152 g/mol. The van der Waals surface area contributed by atoms with E-state index in [2.05, 4.69) is 6.92 Å². The monoisotopic (exact) mass is 168 g/mol. The quantitative estimate of drug-likeness (QED) is 0.550. The van der Waals surface area contributed by atoms with Gasteiger partial charge in [-0.15, -0.1) is 0 Å². The Balaban J connectivity index is 1.84. The van der Waals surface area contributed by atoms with Crippen LogP contribution in [-0.4, -0.2) is 18.5 Å². The van der Waals surface area contributed by atoms with Gasteiger partial charge in [0.05, 0.1) is 12.7 Å². The minimum Gasteiger partial charge on any atom is -0.347 e. The van der Waals surface area contributed by atoms with Crippen molar-refractivity contribution in [1.82, 2.24) is 0 Å². The maximum absolute atomic E-state index is 5.92. The summed E-state index contributed by atoms with van der Waals surface area (Å²) in [6.45, 7) is 2.92. The molecule has 1 heterocycles. The zero-order chi connectivity index (χ0) is 8.18. The van der Waals surface area contributed by atoms with Gasteiger partial charge in [-0.05, 0) is 32.1 Å². The lowest BCUT2D eigenvalue weighted by Crippen LogP contribution is -2.36. The van der Waals surface area contributed by atoms with E-state index in [1.54, 1.807) is 0 Å². The smallest absolute Gasteiger partial charge is 0.171 e. The fourth-order valence-corrected chi connectivity index (χ4v) is 3.22. The van der Waals surface area contributed by atoms with Gasteiger partial charge in [0.1, 0.15) is 0 Å². The maximum atomic E-state index is 5.92. The molecule has 2 heteroatoms. The van der Waals surface area contributed by atoms with Crippen molar-refractivity contribution in [3.63, 3.8) is 0 Å². The number of fused-ring (bicyclic) bond motifs is 3. The molecule has 0 amide bonds. The van der Waals surface area contributed by atoms with Gasteiger partial charge in [-0.2, -0.15) is 0 Å². The van der Waals surface area contributed by atoms with Crippen LogP contribution in [0.1, 0.15) is 32.6 Å². The highest BCUT2D eigenvalue weighted by Gasteiger charge is 2.56. The van der Waals surface area contributed by atoms with Crippen LogP contribution in [0.3, 0.4) is 0 Å². The Labute approximate surface area is 73.2 Å². The Kier molecular flexibility index (Phi) is 1.37. The molecule has 1 spiro atoms. The molecule has 2 aliphatic carbocycles. The van der Waals surface area contributed by atoms with Gasteiger partial charge in [-0.1, -0.05) is 0 Å². The van der Waals surface area contributed by atoms with Crippen molar-refractivity contribution >= 4 is 0 Å². The number of hydrogen-bond donors (Lipinski definition) is 0. The predicted octanol–water partition coefficient (Wildman–Crippen LogP) is 1.94. The molecule has 3 fully saturated rings. The molecule has 0 radical (unpaired) electrons. The third kappa shape index (κ3) is 0.826. The van der Waals surface area contributed by atoms with Crippen molar-refractivity contribution in [1.29, 1.82) is 0 Å². The number of rotatable bonds is 0. The summed E-state index contributed by atoms with van der Waals surface area (Å²) >= 11 is 0. The van der Waals surface area contributed by atoms with E-state index in [1.807, 2.05) is 0 Å². The first-order valence-corrected chi connectivity index (χ1v) is 5.10. The molecule has 68 valence electrons. The van der Waals surface area contributed by atoms with E-state index in [1.165, 1.54) is 25.7 Å². The Bertz CT molecular complexity index is 200. The summed E-state index contributed by atoms with van der Waals surface area (Å²) in [5.41, 5.74) is 0. The highest BCUT2D eigenvalue weighted by molar-refractivity contribution is 4.99. The SMILES string of the molecule is CC1COC2(C[C@H]3CC[C@@H]2C3)O1. The van der Waals surface area contributed by atoms with E-state index in [-0.39, 0.29) is 5.79 Å². The van der Waals surface area contributed by atoms with Gasteiger partial charge < -0.3 is 9.47 Å². The van der Waals surface area contributed by atoms with Crippen LogP contribution in [0, 0.1) is 11.8 Å². The van der Waals surface area contributed by atoms with Gasteiger partial charge in [0, 0.05) is 12.3 Å². The van der Waals surface area contributed by atoms with E-state index in [0.717, 1.165) is 12.5 Å². The van der Waals surface area contributed by atoms with Crippen molar-refractivity contribution in [3.8, 4) is 0 Å². The molecule has 0 aromatic heterocycles. The van der Waals surface area contributed by atoms with Crippen molar-refractivity contribution in [2.75, 3.05) is 6.61 Å². The van der Waals surface area contributed by atoms with Crippen LogP contribution in [0.5, 0.6) is 0 Å². The fourth-order valence-electron chi connectivity index (χ4n) is 3.22. The fraction of sp³-hybridized carbons (Fsp3) is 1.00. The summed E-state index contributed by atoms with van der Waals surface area (Å²) in [7, 11) is 0. The van der Waals surface area contributed by atoms with Crippen molar-refractivity contribution in [2.24, 2.45) is 11.8 Å². The standard InChI is InChI=1S/C10H16O2/c1-7-6-11-10(12-7)5-8-2-3-9(10)4-8/h7-9H,2-6H2,1H3/t7?,8-,9+,10?/m0/s1. The maximum Gasteiger partial charge on any atom is 0.171 e. The Morgan fingerprint density at radius 1 is 1.33 bits per heavy atom. The van der Waals surface area contributed by atoms with Gasteiger partial charge in [-0.3, -0.25) is 0 Å². The van der Waals surface area contributed by atoms with Gasteiger partial charge in [0.15, 0.2) is 5.79 Å². The van der Waals surface area contributed by atoms with Gasteiger partial charge >= 0.3 is 0 Å². The molecule has 3 aliphatic rings. The third-order valence-corrected chi connectivity index (χ3v) is 3.70. The summed E-state index contributed by atoms with van der Waals surface area (Å²) < 4.78 is 11.7. The molecule has 0 aromatic rings. The van der Waals surface area contributed by atoms with E-state index < -0.39 is 0 Å². The summed E-state index contributed by atoms with van der Waals surface area (Å²) in [6, 6.07) is 0. The zero-order valence-electron chi connectivity index (χ0n) is 7.58. The van der Waals surface area contributed by atoms with Crippen LogP contribution in [-0.2, 0) is 9.47 Å². The second-order valence-corrected chi connectivity index (χ2v) is 4.63. The summed E-state index contributed by atoms with van der Waals surface area (Å²) in [6.07, 6.45) is 5.59. The summed E-state index contributed by atoms with van der Waals surface area (Å²) in [5.74, 6) is 1.50. The van der Waals surface area contributed by atoms with E-state index in [4.69, 9.17) is 9.47 Å². The minimum atomic E-state index is -0.123. The van der Waals surface area contributed by atoms with E-state index in [9.17, 15) is 0 Å². The van der Waals surface area contributed by atoms with E-state index >= 15 is 0 Å². The molecule has 12 heavy (non-hydrogen) atoms. The van der Waals surface area contributed by atoms with Gasteiger partial charge in [0.2, 0.25) is 0 Å². The van der Waals surface area contributed by atoms with Crippen LogP contribution >= 0.6 is 0 Å². The Hall–Kier alpha value is -0.0800. The molecule has 2 unspecified atom stereocenters. The molecule has 2 nitrogen and oxygen atoms in total. The molecule has 2 bridgehead atoms. The van der Waals surface area contributed by atoms with Crippen LogP contribution in [0.25, 0.3) is 0 Å². The minimum absolute atomic E-state index is 0.123. The topological polar surface area (TPSA) is 18.5 Å². The van der Waals surface area contributed by atoms with Crippen molar-refractivity contribution in [3.05, 3.63) is 0 Å². The molecule has 0 aromatic carbocycles. The Morgan fingerprint density at radius 3 is 2.75 bits per heavy atom. The molecule has 1 saturated heterocycles. The molecule has 2 saturated carbocycles. The van der Waals surface area contributed by atoms with Crippen LogP contribution in [0.4, 0.5) is 0 Å². The number of hydrogen-bond acceptors (Lipinski definition) is 2. The van der Waals surface area contributed by atoms with Crippen molar-refractivity contribution in [2.45, 2.75) is 44.5 Å². The molecule has 4 atom stereocenters. The third-order valence-electron chi connectivity index (χ3n) is 3.70. The summed E-state index contributed by atoms with van der Waals surface area (Å²) in [4.78, 5) is 0. The highest BCUT2D eigenvalue weighted by atomic mass is 16.7. The molecular formula is C10H16O2. The Morgan fingerprint density at radius 2 is 2.25 bits per heavy atom. The molecule has 3 rings (SSSR count).